The summed E-state index contributed by atoms with van der Waals surface area (Å²) in [5.41, 5.74) is 0. The van der Waals surface area contributed by atoms with Gasteiger partial charge in [0.15, 0.2) is 0 Å². The fraction of sp³-hybridized carbons (Fsp3) is 0. The minimum absolute atomic E-state index is 0. The van der Waals surface area contributed by atoms with Gasteiger partial charge in [-0.1, -0.05) is 0 Å². The molecule has 0 aliphatic rings. The van der Waals surface area contributed by atoms with Crippen LogP contribution in [0.1, 0.15) is 0 Å². The average molecular weight is 631 g/mol. The first-order chi connectivity index (χ1) is 14.4. The summed E-state index contributed by atoms with van der Waals surface area (Å²) in [5.74, 6) is 0. The molecule has 1 radical (unpaired) electrons. The van der Waals surface area contributed by atoms with Crippen LogP contribution in [0.15, 0.2) is 91.0 Å². The van der Waals surface area contributed by atoms with E-state index in [1.165, 1.54) is 13.1 Å². The molecule has 5 nitrogen and oxygen atoms in total. The Bertz CT molecular complexity index is 716. The average Bonchev–Trinajstić information content (AvgIpc) is 2.88. The minimum atomic E-state index is -1.63. The third-order valence-electron chi connectivity index (χ3n) is 3.19. The van der Waals surface area contributed by atoms with Gasteiger partial charge in [0.2, 0.25) is 0 Å². The summed E-state index contributed by atoms with van der Waals surface area (Å²) in [5, 5.41) is 0. The first-order valence-electron chi connectivity index (χ1n) is 7.50. The van der Waals surface area contributed by atoms with Crippen LogP contribution < -0.4 is 13.1 Å². The fourth-order valence-electron chi connectivity index (χ4n) is 2.31. The van der Waals surface area contributed by atoms with E-state index in [0.29, 0.717) is 0 Å². The predicted molar refractivity (Wildman–Crippen MR) is 105 cm³/mol. The first-order valence-corrected chi connectivity index (χ1v) is 10.6. The van der Waals surface area contributed by atoms with Crippen LogP contribution in [0, 0.1) is 33.3 Å². The van der Waals surface area contributed by atoms with Crippen molar-refractivity contribution in [3.63, 3.8) is 0 Å². The quantitative estimate of drug-likeness (QED) is 0.239. The second-order valence-electron chi connectivity index (χ2n) is 4.47. The summed E-state index contributed by atoms with van der Waals surface area (Å²) in [6, 6.07) is 32.8. The Labute approximate surface area is 195 Å². The van der Waals surface area contributed by atoms with E-state index in [1.807, 2.05) is 0 Å². The van der Waals surface area contributed by atoms with Crippen LogP contribution in [0.2, 0.25) is 0 Å². The van der Waals surface area contributed by atoms with Gasteiger partial charge in [-0.2, -0.15) is 0 Å². The second kappa shape index (κ2) is 28.8. The van der Waals surface area contributed by atoms with Crippen LogP contribution in [0.5, 0.6) is 0 Å². The van der Waals surface area contributed by atoms with E-state index in [9.17, 15) is 0 Å². The molecule has 0 N–H and O–H groups in total. The number of benzene rings is 3. The van der Waals surface area contributed by atoms with Crippen molar-refractivity contribution < 1.29 is 44.3 Å². The standard InChI is InChI=1S/C18H16As.5CO.W/c1-4-10-16(11-5-1)19(17-12-6-2-7-13-17)18-14-8-3-9-15-18;5*1-2;/h1-15,19H;;;;;;. The molecule has 0 aliphatic heterocycles. The van der Waals surface area contributed by atoms with Gasteiger partial charge in [-0.05, 0) is 0 Å². The Kier molecular flexibility index (Phi) is 33.7. The number of hydrogen-bond donors (Lipinski definition) is 0. The van der Waals surface area contributed by atoms with Gasteiger partial charge in [0.1, 0.15) is 0 Å². The molecule has 0 heterocycles. The van der Waals surface area contributed by atoms with Gasteiger partial charge < -0.3 is 0 Å². The fourth-order valence-corrected chi connectivity index (χ4v) is 7.72. The maximum atomic E-state index is 7.50. The monoisotopic (exact) mass is 631 g/mol. The van der Waals surface area contributed by atoms with Gasteiger partial charge >= 0.3 is 175 Å². The van der Waals surface area contributed by atoms with Gasteiger partial charge in [-0.3, -0.25) is 0 Å². The molecule has 0 saturated heterocycles. The maximum absolute atomic E-state index is 7.50. The molecule has 0 saturated carbocycles. The van der Waals surface area contributed by atoms with E-state index < -0.39 is 14.7 Å². The molecule has 3 rings (SSSR count). The van der Waals surface area contributed by atoms with Crippen molar-refractivity contribution in [1.29, 1.82) is 0 Å². The second-order valence-corrected chi connectivity index (χ2v) is 9.68. The van der Waals surface area contributed by atoms with Crippen molar-refractivity contribution in [3.8, 4) is 0 Å². The summed E-state index contributed by atoms with van der Waals surface area (Å²) in [6.45, 7) is 22.5. The summed E-state index contributed by atoms with van der Waals surface area (Å²) < 4.78 is 42.0. The van der Waals surface area contributed by atoms with Gasteiger partial charge in [0.05, 0.1) is 0 Å². The molecule has 0 unspecified atom stereocenters. The molecular formula is C23H16AsO5W. The van der Waals surface area contributed by atoms with Crippen molar-refractivity contribution in [3.05, 3.63) is 124 Å². The topological polar surface area (TPSA) is 99.5 Å². The summed E-state index contributed by atoms with van der Waals surface area (Å²) >= 11 is -1.63. The molecule has 3 aromatic rings. The van der Waals surface area contributed by atoms with E-state index in [-0.39, 0.29) is 21.1 Å². The predicted octanol–water partition coefficient (Wildman–Crippen LogP) is 1.75. The Hall–Kier alpha value is -2.39. The van der Waals surface area contributed by atoms with Crippen molar-refractivity contribution in [2.24, 2.45) is 0 Å². The van der Waals surface area contributed by atoms with E-state index in [1.54, 1.807) is 0 Å². The van der Waals surface area contributed by atoms with Gasteiger partial charge in [0.25, 0.3) is 0 Å². The van der Waals surface area contributed by atoms with Crippen LogP contribution >= 0.6 is 0 Å². The molecular weight excluding hydrogens is 615 g/mol. The normalized spacial score (nSPS) is 7.03. The Morgan fingerprint density at radius 1 is 0.367 bits per heavy atom. The third kappa shape index (κ3) is 13.7. The van der Waals surface area contributed by atoms with Crippen molar-refractivity contribution in [2.75, 3.05) is 0 Å². The van der Waals surface area contributed by atoms with Crippen molar-refractivity contribution in [2.45, 2.75) is 0 Å². The molecule has 0 spiro atoms. The molecule has 0 fully saturated rings. The molecule has 0 aliphatic carbocycles. The zero-order valence-electron chi connectivity index (χ0n) is 15.6. The van der Waals surface area contributed by atoms with E-state index in [0.717, 1.165) is 0 Å². The van der Waals surface area contributed by atoms with E-state index in [4.69, 9.17) is 23.3 Å². The van der Waals surface area contributed by atoms with Crippen LogP contribution in [-0.4, -0.2) is 14.7 Å². The third-order valence-corrected chi connectivity index (χ3v) is 8.92. The van der Waals surface area contributed by atoms with Crippen LogP contribution in [-0.2, 0) is 44.3 Å². The zero-order chi connectivity index (χ0) is 22.9. The molecule has 3 aromatic carbocycles. The molecule has 7 heteroatoms. The van der Waals surface area contributed by atoms with Crippen molar-refractivity contribution >= 4 is 27.7 Å². The van der Waals surface area contributed by atoms with Crippen LogP contribution in [0.4, 0.5) is 0 Å². The van der Waals surface area contributed by atoms with Crippen LogP contribution in [0.25, 0.3) is 0 Å². The van der Waals surface area contributed by atoms with Gasteiger partial charge in [0, 0.05) is 21.1 Å². The summed E-state index contributed by atoms with van der Waals surface area (Å²) in [7, 11) is 0. The van der Waals surface area contributed by atoms with E-state index in [2.05, 4.69) is 124 Å². The molecule has 0 aromatic heterocycles. The molecule has 0 bridgehead atoms. The van der Waals surface area contributed by atoms with E-state index >= 15 is 0 Å². The van der Waals surface area contributed by atoms with Gasteiger partial charge in [-0.25, -0.2) is 0 Å². The van der Waals surface area contributed by atoms with Gasteiger partial charge in [-0.15, -0.1) is 0 Å². The number of rotatable bonds is 3. The zero-order valence-corrected chi connectivity index (χ0v) is 20.6. The Morgan fingerprint density at radius 3 is 0.700 bits per heavy atom. The molecule has 149 valence electrons. The molecule has 30 heavy (non-hydrogen) atoms. The SMILES string of the molecule is [C-]#[O+].[C-]#[O+].[C-]#[O+].[C-]#[O+].[C-]#[O+].[W].c1ccc([AsH](c2ccccc2)c2ccccc2)cc1. The summed E-state index contributed by atoms with van der Waals surface area (Å²) in [6.07, 6.45) is 0. The number of hydrogen-bond acceptors (Lipinski definition) is 0. The molecule has 0 atom stereocenters. The first kappa shape index (κ1) is 35.1. The van der Waals surface area contributed by atoms with Crippen molar-refractivity contribution in [1.82, 2.24) is 0 Å². The molecule has 0 amide bonds. The Balaban J connectivity index is -0.000000271. The van der Waals surface area contributed by atoms with Crippen LogP contribution in [0.3, 0.4) is 0 Å². The summed E-state index contributed by atoms with van der Waals surface area (Å²) in [4.78, 5) is 0. The Morgan fingerprint density at radius 2 is 0.533 bits per heavy atom.